The molecule has 0 saturated carbocycles. The zero-order valence-electron chi connectivity index (χ0n) is 60.5. The van der Waals surface area contributed by atoms with E-state index in [9.17, 15) is 0 Å². The molecule has 0 fully saturated rings. The fraction of sp³-hybridized carbons (Fsp3) is 0.109. The number of hydrogen-bond acceptors (Lipinski definition) is 6. The van der Waals surface area contributed by atoms with Crippen molar-refractivity contribution in [1.29, 1.82) is 0 Å². The first-order chi connectivity index (χ1) is 49.7. The average molecular weight is 1740 g/mol. The van der Waals surface area contributed by atoms with Crippen molar-refractivity contribution in [3.05, 3.63) is 372 Å². The predicted molar refractivity (Wildman–Crippen MR) is 416 cm³/mol. The monoisotopic (exact) mass is 1730 g/mol. The van der Waals surface area contributed by atoms with Crippen molar-refractivity contribution in [2.75, 3.05) is 0 Å². The van der Waals surface area contributed by atoms with E-state index < -0.39 is 0 Å². The first-order valence-electron chi connectivity index (χ1n) is 34.2. The summed E-state index contributed by atoms with van der Waals surface area (Å²) >= 11 is 0. The molecule has 0 aliphatic rings. The van der Waals surface area contributed by atoms with Gasteiger partial charge in [-0.25, -0.2) is 4.68 Å². The number of rotatable bonds is 12. The molecule has 16 rings (SSSR count). The second-order valence-electron chi connectivity index (χ2n) is 25.6. The number of aromatic nitrogens is 10. The van der Waals surface area contributed by atoms with E-state index >= 15 is 0 Å². The van der Waals surface area contributed by atoms with Crippen molar-refractivity contribution < 1.29 is 77.9 Å². The van der Waals surface area contributed by atoms with Crippen LogP contribution in [0.3, 0.4) is 0 Å². The zero-order valence-corrected chi connectivity index (χ0v) is 67.1. The molecular formula is C92H78N10Rh4-4. The molecule has 106 heavy (non-hydrogen) atoms. The Morgan fingerprint density at radius 2 is 0.623 bits per heavy atom. The Labute approximate surface area is 674 Å². The minimum absolute atomic E-state index is 0. The van der Waals surface area contributed by atoms with Gasteiger partial charge in [0.05, 0.1) is 24.3 Å². The van der Waals surface area contributed by atoms with Gasteiger partial charge in [0.1, 0.15) is 11.4 Å². The minimum Gasteiger partial charge on any atom is -0.265 e. The second kappa shape index (κ2) is 37.2. The molecule has 0 atom stereocenters. The van der Waals surface area contributed by atoms with Gasteiger partial charge in [0, 0.05) is 112 Å². The van der Waals surface area contributed by atoms with Crippen LogP contribution >= 0.6 is 0 Å². The Bertz CT molecular complexity index is 5000. The number of para-hydroxylation sites is 4. The minimum atomic E-state index is 0. The van der Waals surface area contributed by atoms with Crippen LogP contribution in [-0.2, 0) is 77.9 Å². The molecule has 0 bridgehead atoms. The van der Waals surface area contributed by atoms with Crippen LogP contribution < -0.4 is 0 Å². The van der Waals surface area contributed by atoms with Crippen molar-refractivity contribution in [2.45, 2.75) is 69.2 Å². The van der Waals surface area contributed by atoms with Gasteiger partial charge >= 0.3 is 0 Å². The van der Waals surface area contributed by atoms with Gasteiger partial charge in [-0.2, -0.15) is 122 Å². The first kappa shape index (κ1) is 79.9. The summed E-state index contributed by atoms with van der Waals surface area (Å²) in [6.45, 7) is 21.5. The van der Waals surface area contributed by atoms with Crippen LogP contribution in [0.2, 0.25) is 0 Å². The standard InChI is InChI=1S/C25H23N2.C23H19N2.2C22H18N3.4Rh/c1-17-15-22(21-11-7-5-8-12-21)16-18(2)24(17)25-19(3)26-27(20(25)4)23-13-9-6-10-14-23;1-17-13-20(19-9-5-3-6-10-19)14-18(2)23(17)21-15-24-25(16-21)22-11-7-4-8-12-22;1-16-13-19(18-9-5-3-6-10-18)14-17(2)22(16)21-15-25(24-23-21)20-11-7-4-8-12-20;1-16-13-19(18-9-5-3-6-10-18)14-17(2)22(16)21-15-23-25(24-21)20-11-7-4-8-12-20;;;;/h5-13,15-16H,1-4H3;3-11,13-16H,1-2H3;2*3-11,13-15H,1-2H3;;;;/q4*-1;;;;. The van der Waals surface area contributed by atoms with Gasteiger partial charge in [-0.15, -0.1) is 29.4 Å². The first-order valence-corrected chi connectivity index (χ1v) is 34.2. The SMILES string of the molecule is Cc1cc(-c2ccccc2)cc(C)c1-c1c(C)nn(-c2[c-]cccc2)c1C.Cc1cc(-c2ccccc2)cc(C)c1-c1cn(-c2[c-]cccc2)nn1.Cc1cc(-c2ccccc2)cc(C)c1-c1cnn(-c2[c-]cccc2)c1.Cc1cc(-c2ccccc2)cc(C)c1-c1cnn(-c2[c-]cccc2)n1.[Rh].[Rh].[Rh].[Rh]. The van der Waals surface area contributed by atoms with Crippen LogP contribution in [0.15, 0.2) is 292 Å². The summed E-state index contributed by atoms with van der Waals surface area (Å²) in [5.74, 6) is 0. The maximum Gasteiger partial charge on any atom is 0.113 e. The third-order valence-electron chi connectivity index (χ3n) is 18.2. The maximum atomic E-state index is 4.81. The van der Waals surface area contributed by atoms with Crippen LogP contribution in [0.25, 0.3) is 112 Å². The van der Waals surface area contributed by atoms with Gasteiger partial charge < -0.3 is 0 Å². The second-order valence-corrected chi connectivity index (χ2v) is 25.6. The third-order valence-corrected chi connectivity index (χ3v) is 18.2. The molecule has 4 aromatic heterocycles. The summed E-state index contributed by atoms with van der Waals surface area (Å²) < 4.78 is 5.63. The number of hydrogen-bond donors (Lipinski definition) is 0. The number of aryl methyl sites for hydroxylation is 9. The Hall–Kier alpha value is -10.2. The van der Waals surface area contributed by atoms with Gasteiger partial charge in [0.25, 0.3) is 0 Å². The molecule has 0 aliphatic carbocycles. The van der Waals surface area contributed by atoms with Crippen molar-refractivity contribution in [2.24, 2.45) is 0 Å². The van der Waals surface area contributed by atoms with Crippen LogP contribution in [-0.4, -0.2) is 49.5 Å². The van der Waals surface area contributed by atoms with E-state index in [0.29, 0.717) is 0 Å². The normalized spacial score (nSPS) is 10.4. The molecule has 16 aromatic rings. The molecular weight excluding hydrogens is 1660 g/mol. The number of benzene rings is 12. The van der Waals surface area contributed by atoms with Crippen LogP contribution in [0.1, 0.15) is 55.9 Å². The molecule has 536 valence electrons. The largest absolute Gasteiger partial charge is 0.265 e. The van der Waals surface area contributed by atoms with E-state index in [4.69, 9.17) is 5.10 Å². The molecule has 0 amide bonds. The molecule has 0 spiro atoms. The predicted octanol–water partition coefficient (Wildman–Crippen LogP) is 21.9. The van der Waals surface area contributed by atoms with E-state index in [1.807, 2.05) is 143 Å². The van der Waals surface area contributed by atoms with Gasteiger partial charge in [-0.05, 0) is 192 Å². The summed E-state index contributed by atoms with van der Waals surface area (Å²) in [6.07, 6.45) is 7.78. The van der Waals surface area contributed by atoms with Crippen molar-refractivity contribution in [3.8, 4) is 112 Å². The molecule has 14 heteroatoms. The molecule has 0 N–H and O–H groups in total. The topological polar surface area (TPSA) is 97.1 Å². The van der Waals surface area contributed by atoms with E-state index in [-0.39, 0.29) is 77.9 Å². The zero-order chi connectivity index (χ0) is 70.6. The Balaban J connectivity index is 0.000000162. The Morgan fingerprint density at radius 1 is 0.274 bits per heavy atom. The third kappa shape index (κ3) is 18.5. The molecule has 10 nitrogen and oxygen atoms in total. The van der Waals surface area contributed by atoms with Crippen LogP contribution in [0, 0.1) is 93.5 Å². The van der Waals surface area contributed by atoms with Gasteiger partial charge in [0.15, 0.2) is 0 Å². The Kier molecular flexibility index (Phi) is 28.0. The summed E-state index contributed by atoms with van der Waals surface area (Å²) in [5, 5.41) is 27.0. The number of nitrogens with zero attached hydrogens (tertiary/aromatic N) is 10. The van der Waals surface area contributed by atoms with Crippen LogP contribution in [0.5, 0.6) is 0 Å². The average Bonchev–Trinajstić information content (AvgIpc) is 1.59. The van der Waals surface area contributed by atoms with E-state index in [2.05, 4.69) is 277 Å². The summed E-state index contributed by atoms with van der Waals surface area (Å²) in [6, 6.07) is 104. The van der Waals surface area contributed by atoms with Crippen LogP contribution in [0.4, 0.5) is 0 Å². The van der Waals surface area contributed by atoms with Crippen molar-refractivity contribution in [1.82, 2.24) is 49.5 Å². The van der Waals surface area contributed by atoms with E-state index in [1.165, 1.54) is 106 Å². The van der Waals surface area contributed by atoms with Crippen molar-refractivity contribution >= 4 is 0 Å². The van der Waals surface area contributed by atoms with Gasteiger partial charge in [0.2, 0.25) is 0 Å². The van der Waals surface area contributed by atoms with E-state index in [0.717, 1.165) is 62.2 Å². The fourth-order valence-corrected chi connectivity index (χ4v) is 13.6. The Morgan fingerprint density at radius 3 is 1.02 bits per heavy atom. The van der Waals surface area contributed by atoms with E-state index in [1.54, 1.807) is 9.48 Å². The molecule has 0 unspecified atom stereocenters. The fourth-order valence-electron chi connectivity index (χ4n) is 13.6. The summed E-state index contributed by atoms with van der Waals surface area (Å²) in [5.41, 5.74) is 34.5. The van der Waals surface area contributed by atoms with Crippen molar-refractivity contribution in [3.63, 3.8) is 0 Å². The van der Waals surface area contributed by atoms with Gasteiger partial charge in [-0.1, -0.05) is 175 Å². The maximum absolute atomic E-state index is 4.81. The molecule has 4 radical (unpaired) electrons. The molecule has 0 saturated heterocycles. The molecule has 0 aliphatic heterocycles. The quantitative estimate of drug-likeness (QED) is 0.0893. The molecule has 12 aromatic carbocycles. The molecule has 4 heterocycles. The smallest absolute Gasteiger partial charge is 0.113 e. The summed E-state index contributed by atoms with van der Waals surface area (Å²) in [4.78, 5) is 1.62. The summed E-state index contributed by atoms with van der Waals surface area (Å²) in [7, 11) is 0. The van der Waals surface area contributed by atoms with Gasteiger partial charge in [-0.3, -0.25) is 9.36 Å².